The number of fused-ring (bicyclic) bond motifs is 3. The van der Waals surface area contributed by atoms with Crippen LogP contribution in [0, 0.1) is 5.82 Å². The minimum atomic E-state index is -6.29. The Bertz CT molecular complexity index is 1250. The van der Waals surface area contributed by atoms with Gasteiger partial charge in [-0.25, -0.2) is 13.6 Å². The largest absolute Gasteiger partial charge is 0.611 e. The van der Waals surface area contributed by atoms with E-state index in [0.717, 1.165) is 18.2 Å². The van der Waals surface area contributed by atoms with Crippen molar-refractivity contribution < 1.29 is 49.2 Å². The number of carbonyl (C=O) groups is 1. The van der Waals surface area contributed by atoms with Crippen LogP contribution in [0.25, 0.3) is 0 Å². The monoisotopic (exact) mass is 596 g/mol. The number of halogens is 8. The van der Waals surface area contributed by atoms with Gasteiger partial charge in [0.1, 0.15) is 5.82 Å². The lowest BCUT2D eigenvalue weighted by Gasteiger charge is -2.35. The van der Waals surface area contributed by atoms with Crippen molar-refractivity contribution in [1.29, 1.82) is 0 Å². The summed E-state index contributed by atoms with van der Waals surface area (Å²) in [4.78, 5) is 14.9. The van der Waals surface area contributed by atoms with Gasteiger partial charge in [0.25, 0.3) is 0 Å². The van der Waals surface area contributed by atoms with Crippen LogP contribution in [0.1, 0.15) is 36.0 Å². The normalized spacial score (nSPS) is 24.5. The number of nitrogens with one attached hydrogen (secondary N) is 1. The van der Waals surface area contributed by atoms with Crippen LogP contribution in [0.15, 0.2) is 47.4 Å². The molecular formula is C26H24F8N2O3S. The maximum absolute atomic E-state index is 14.9. The lowest BCUT2D eigenvalue weighted by Crippen LogP contribution is -2.52. The smallest absolute Gasteiger partial charge is 0.435 e. The summed E-state index contributed by atoms with van der Waals surface area (Å²) < 4.78 is 127. The number of hydrogen-bond acceptors (Lipinski definition) is 3. The first-order chi connectivity index (χ1) is 18.7. The van der Waals surface area contributed by atoms with Gasteiger partial charge in [-0.1, -0.05) is 18.2 Å². The van der Waals surface area contributed by atoms with E-state index in [2.05, 4.69) is 5.32 Å². The van der Waals surface area contributed by atoms with Crippen molar-refractivity contribution in [2.45, 2.75) is 65.4 Å². The summed E-state index contributed by atoms with van der Waals surface area (Å²) in [7, 11) is 0. The number of amides is 2. The van der Waals surface area contributed by atoms with Crippen molar-refractivity contribution in [3.8, 4) is 0 Å². The molecule has 0 spiro atoms. The summed E-state index contributed by atoms with van der Waals surface area (Å²) in [5.41, 5.74) is -7.18. The number of carbonyl (C=O) groups excluding carboxylic acids is 1. The predicted molar refractivity (Wildman–Crippen MR) is 127 cm³/mol. The van der Waals surface area contributed by atoms with Crippen molar-refractivity contribution in [2.24, 2.45) is 0 Å². The highest BCUT2D eigenvalue weighted by molar-refractivity contribution is 7.92. The molecule has 2 aromatic rings. The zero-order valence-corrected chi connectivity index (χ0v) is 21.6. The highest BCUT2D eigenvalue weighted by Gasteiger charge is 2.74. The molecule has 40 heavy (non-hydrogen) atoms. The topological polar surface area (TPSA) is 64.6 Å². The van der Waals surface area contributed by atoms with Crippen molar-refractivity contribution in [3.63, 3.8) is 0 Å². The molecule has 0 aromatic heterocycles. The Morgan fingerprint density at radius 3 is 2.23 bits per heavy atom. The third-order valence-electron chi connectivity index (χ3n) is 7.96. The van der Waals surface area contributed by atoms with Gasteiger partial charge < -0.3 is 19.5 Å². The average Bonchev–Trinajstić information content (AvgIpc) is 3.42. The third kappa shape index (κ3) is 4.51. The molecule has 3 atom stereocenters. The number of hydrogen-bond donors (Lipinski definition) is 1. The number of urea groups is 1. The Balaban J connectivity index is 1.57. The second-order valence-corrected chi connectivity index (χ2v) is 11.9. The fourth-order valence-corrected chi connectivity index (χ4v) is 7.90. The van der Waals surface area contributed by atoms with E-state index in [1.54, 1.807) is 0 Å². The minimum Gasteiger partial charge on any atom is -0.611 e. The molecule has 0 bridgehead atoms. The fourth-order valence-electron chi connectivity index (χ4n) is 5.96. The summed E-state index contributed by atoms with van der Waals surface area (Å²) in [6.45, 7) is 0.973. The molecule has 2 amide bonds. The average molecular weight is 597 g/mol. The maximum atomic E-state index is 14.9. The van der Waals surface area contributed by atoms with Gasteiger partial charge in [0, 0.05) is 43.3 Å². The van der Waals surface area contributed by atoms with Gasteiger partial charge in [-0.3, -0.25) is 0 Å². The summed E-state index contributed by atoms with van der Waals surface area (Å²) in [5, 5.41) is 2.88. The molecule has 218 valence electrons. The molecule has 2 fully saturated rings. The molecular weight excluding hydrogens is 572 g/mol. The van der Waals surface area contributed by atoms with Gasteiger partial charge in [0.15, 0.2) is 9.64 Å². The van der Waals surface area contributed by atoms with E-state index >= 15 is 0 Å². The second-order valence-electron chi connectivity index (χ2n) is 10.1. The molecule has 14 heteroatoms. The Morgan fingerprint density at radius 2 is 1.62 bits per heavy atom. The Hall–Kier alpha value is -2.58. The summed E-state index contributed by atoms with van der Waals surface area (Å²) in [6, 6.07) is 4.91. The van der Waals surface area contributed by atoms with E-state index in [1.807, 2.05) is 0 Å². The number of likely N-dealkylation sites (tertiary alicyclic amines) is 1. The van der Waals surface area contributed by atoms with Gasteiger partial charge in [0.05, 0.1) is 6.04 Å². The fraction of sp³-hybridized carbons (Fsp3) is 0.500. The SMILES string of the molecule is O=C(NC1CCOCC1)N1CCC2([S+]([O-])c3ccc(F)cc3)c3ccc(C(F)(C(F)(F)F)C(F)(F)F)cc3CC12. The van der Waals surface area contributed by atoms with Crippen LogP contribution in [-0.2, 0) is 32.7 Å². The maximum Gasteiger partial charge on any atom is 0.435 e. The summed E-state index contributed by atoms with van der Waals surface area (Å²) in [6.07, 6.45) is -11.7. The van der Waals surface area contributed by atoms with Crippen LogP contribution in [0.4, 0.5) is 39.9 Å². The van der Waals surface area contributed by atoms with E-state index in [-0.39, 0.29) is 41.5 Å². The van der Waals surface area contributed by atoms with Crippen LogP contribution in [0.2, 0.25) is 0 Å². The van der Waals surface area contributed by atoms with Gasteiger partial charge in [-0.15, -0.1) is 0 Å². The van der Waals surface area contributed by atoms with Gasteiger partial charge in [-0.05, 0) is 60.3 Å². The van der Waals surface area contributed by atoms with E-state index < -0.39 is 57.4 Å². The van der Waals surface area contributed by atoms with Crippen LogP contribution >= 0.6 is 0 Å². The van der Waals surface area contributed by atoms with Crippen molar-refractivity contribution in [2.75, 3.05) is 19.8 Å². The van der Waals surface area contributed by atoms with E-state index in [9.17, 15) is 44.5 Å². The minimum absolute atomic E-state index is 0.0640. The molecule has 0 radical (unpaired) electrons. The van der Waals surface area contributed by atoms with Crippen LogP contribution in [0.5, 0.6) is 0 Å². The number of ether oxygens (including phenoxy) is 1. The number of nitrogens with zero attached hydrogens (tertiary/aromatic N) is 1. The standard InChI is InChI=1S/C26H24F8N2O3S/c27-17-2-4-19(5-3-17)40(38)23-9-10-36(22(37)35-18-7-11-39-12-8-18)21(23)14-15-13-16(1-6-20(15)23)24(28,25(29,30)31)26(32,33)34/h1-6,13,18,21H,7-12,14H2,(H,35,37). The molecule has 2 heterocycles. The molecule has 0 saturated carbocycles. The number of alkyl halides is 7. The summed E-state index contributed by atoms with van der Waals surface area (Å²) in [5.74, 6) is -0.603. The van der Waals surface area contributed by atoms with Gasteiger partial charge >= 0.3 is 24.1 Å². The van der Waals surface area contributed by atoms with Crippen molar-refractivity contribution >= 4 is 17.2 Å². The van der Waals surface area contributed by atoms with Gasteiger partial charge in [0.2, 0.25) is 0 Å². The molecule has 2 saturated heterocycles. The Labute approximate surface area is 227 Å². The number of rotatable bonds is 4. The van der Waals surface area contributed by atoms with Crippen molar-refractivity contribution in [3.05, 3.63) is 65.0 Å². The van der Waals surface area contributed by atoms with E-state index in [4.69, 9.17) is 4.74 Å². The van der Waals surface area contributed by atoms with Gasteiger partial charge in [-0.2, -0.15) is 26.3 Å². The third-order valence-corrected chi connectivity index (χ3v) is 10.0. The first kappa shape index (κ1) is 28.9. The van der Waals surface area contributed by atoms with Crippen LogP contribution in [0.3, 0.4) is 0 Å². The zero-order valence-electron chi connectivity index (χ0n) is 20.7. The molecule has 5 rings (SSSR count). The number of benzene rings is 2. The highest BCUT2D eigenvalue weighted by atomic mass is 32.2. The Kier molecular flexibility index (Phi) is 7.27. The lowest BCUT2D eigenvalue weighted by molar-refractivity contribution is -0.348. The quantitative estimate of drug-likeness (QED) is 0.367. The molecule has 1 N–H and O–H groups in total. The Morgan fingerprint density at radius 1 is 1.00 bits per heavy atom. The van der Waals surface area contributed by atoms with E-state index in [0.29, 0.717) is 38.2 Å². The predicted octanol–water partition coefficient (Wildman–Crippen LogP) is 5.64. The highest BCUT2D eigenvalue weighted by Crippen LogP contribution is 2.57. The molecule has 1 aliphatic carbocycles. The molecule has 2 aromatic carbocycles. The van der Waals surface area contributed by atoms with E-state index in [1.165, 1.54) is 17.0 Å². The molecule has 2 aliphatic heterocycles. The summed E-state index contributed by atoms with van der Waals surface area (Å²) >= 11 is -2.01. The van der Waals surface area contributed by atoms with Crippen LogP contribution in [-0.4, -0.2) is 59.7 Å². The second kappa shape index (κ2) is 10.1. The van der Waals surface area contributed by atoms with Crippen LogP contribution < -0.4 is 5.32 Å². The zero-order chi connectivity index (χ0) is 29.1. The van der Waals surface area contributed by atoms with Crippen molar-refractivity contribution in [1.82, 2.24) is 10.2 Å². The molecule has 3 aliphatic rings. The molecule has 5 nitrogen and oxygen atoms in total. The first-order valence-corrected chi connectivity index (χ1v) is 13.6. The molecule has 3 unspecified atom stereocenters. The lowest BCUT2D eigenvalue weighted by atomic mass is 9.90. The first-order valence-electron chi connectivity index (χ1n) is 12.5.